The molecule has 0 aliphatic carbocycles. The van der Waals surface area contributed by atoms with E-state index in [2.05, 4.69) is 13.8 Å². The highest BCUT2D eigenvalue weighted by atomic mass is 16.1. The van der Waals surface area contributed by atoms with Crippen LogP contribution in [0, 0.1) is 5.92 Å². The van der Waals surface area contributed by atoms with Crippen LogP contribution < -0.4 is 0 Å². The van der Waals surface area contributed by atoms with Gasteiger partial charge in [-0.3, -0.25) is 0 Å². The van der Waals surface area contributed by atoms with Gasteiger partial charge in [0.25, 0.3) is 0 Å². The number of hydrogen-bond acceptors (Lipinski definition) is 2. The molecule has 1 unspecified atom stereocenters. The maximum absolute atomic E-state index is 9.74. The highest BCUT2D eigenvalue weighted by molar-refractivity contribution is 5.52. The lowest BCUT2D eigenvalue weighted by molar-refractivity contribution is -0.110. The van der Waals surface area contributed by atoms with Crippen molar-refractivity contribution >= 4 is 13.1 Å². The van der Waals surface area contributed by atoms with Crippen molar-refractivity contribution in [2.45, 2.75) is 153 Å². The van der Waals surface area contributed by atoms with E-state index in [0.717, 1.165) is 12.7 Å². The van der Waals surface area contributed by atoms with Gasteiger partial charge in [0.15, 0.2) is 0 Å². The molecule has 0 radical (unpaired) electrons. The highest BCUT2D eigenvalue weighted by Crippen LogP contribution is 2.11. The molecule has 1 atom stereocenters. The minimum Gasteiger partial charge on any atom is -0.307 e. The number of aldehydes is 1. The fourth-order valence-corrected chi connectivity index (χ4v) is 2.01. The predicted molar refractivity (Wildman–Crippen MR) is 133 cm³/mol. The molecule has 0 aromatic heterocycles. The van der Waals surface area contributed by atoms with Crippen molar-refractivity contribution in [2.75, 3.05) is 0 Å². The van der Waals surface area contributed by atoms with Crippen LogP contribution >= 0.6 is 0 Å². The summed E-state index contributed by atoms with van der Waals surface area (Å²) in [7, 11) is 0. The molecule has 0 spiro atoms. The molecule has 0 saturated carbocycles. The second-order valence-corrected chi connectivity index (χ2v) is 6.06. The minimum atomic E-state index is 0.255. The lowest BCUT2D eigenvalue weighted by Crippen LogP contribution is -1.89. The largest absolute Gasteiger partial charge is 0.307 e. The fourth-order valence-electron chi connectivity index (χ4n) is 2.01. The third kappa shape index (κ3) is 73.0. The van der Waals surface area contributed by atoms with Crippen molar-refractivity contribution in [1.82, 2.24) is 0 Å². The average molecular weight is 405 g/mol. The molecule has 0 rings (SSSR count). The number of carbonyl (C=O) groups is 2. The topological polar surface area (TPSA) is 34.1 Å². The quantitative estimate of drug-likeness (QED) is 0.226. The van der Waals surface area contributed by atoms with Crippen LogP contribution in [-0.2, 0) is 9.59 Å². The van der Waals surface area contributed by atoms with Crippen molar-refractivity contribution in [3.63, 3.8) is 0 Å². The second-order valence-electron chi connectivity index (χ2n) is 6.06. The SMILES string of the molecule is C=O.CC.CC.CC.CCC(C)C=O.CCCCCCCCCCCCCC. The Bertz CT molecular complexity index is 169. The van der Waals surface area contributed by atoms with Gasteiger partial charge < -0.3 is 9.59 Å². The molecule has 2 nitrogen and oxygen atoms in total. The Morgan fingerprint density at radius 2 is 0.786 bits per heavy atom. The summed E-state index contributed by atoms with van der Waals surface area (Å²) in [6.45, 7) is 22.5. The second kappa shape index (κ2) is 63.3. The van der Waals surface area contributed by atoms with Crippen molar-refractivity contribution in [3.05, 3.63) is 0 Å². The normalized spacial score (nSPS) is 9.07. The molecule has 176 valence electrons. The van der Waals surface area contributed by atoms with Gasteiger partial charge in [-0.2, -0.15) is 0 Å². The number of carbonyl (C=O) groups excluding carboxylic acids is 2. The van der Waals surface area contributed by atoms with Crippen molar-refractivity contribution in [3.8, 4) is 0 Å². The van der Waals surface area contributed by atoms with E-state index in [1.165, 1.54) is 77.0 Å². The molecule has 0 bridgehead atoms. The van der Waals surface area contributed by atoms with Gasteiger partial charge in [0.2, 0.25) is 0 Å². The molecule has 0 amide bonds. The Kier molecular flexibility index (Phi) is 94.2. The molecule has 0 aliphatic rings. The van der Waals surface area contributed by atoms with Gasteiger partial charge in [-0.15, -0.1) is 0 Å². The van der Waals surface area contributed by atoms with E-state index in [9.17, 15) is 4.79 Å². The summed E-state index contributed by atoms with van der Waals surface area (Å²) in [4.78, 5) is 17.7. The smallest absolute Gasteiger partial charge is 0.122 e. The monoisotopic (exact) mass is 404 g/mol. The molecule has 0 saturated heterocycles. The van der Waals surface area contributed by atoms with Gasteiger partial charge in [0, 0.05) is 5.92 Å². The summed E-state index contributed by atoms with van der Waals surface area (Å²) in [5.74, 6) is 0.255. The molecule has 28 heavy (non-hydrogen) atoms. The zero-order valence-electron chi connectivity index (χ0n) is 21.9. The molecule has 0 aromatic carbocycles. The van der Waals surface area contributed by atoms with Gasteiger partial charge in [-0.05, 0) is 6.42 Å². The predicted octanol–water partition coefficient (Wildman–Crippen LogP) is 9.83. The zero-order chi connectivity index (χ0) is 23.5. The Hall–Kier alpha value is -0.660. The lowest BCUT2D eigenvalue weighted by Gasteiger charge is -2.01. The highest BCUT2D eigenvalue weighted by Gasteiger charge is 1.91. The van der Waals surface area contributed by atoms with E-state index < -0.39 is 0 Å². The standard InChI is InChI=1S/C14H30.C5H10O.3C2H6.CH2O/c1-3-5-7-9-11-13-14-12-10-8-6-4-2;1-3-5(2)4-6;4*1-2/h3-14H2,1-2H3;4-5H,3H2,1-2H3;3*1-2H3;1H2. The van der Waals surface area contributed by atoms with Crippen LogP contribution in [0.3, 0.4) is 0 Å². The number of rotatable bonds is 13. The summed E-state index contributed by atoms with van der Waals surface area (Å²) in [6, 6.07) is 0. The van der Waals surface area contributed by atoms with Crippen molar-refractivity contribution < 1.29 is 9.59 Å². The molecule has 0 fully saturated rings. The van der Waals surface area contributed by atoms with E-state index in [1.807, 2.05) is 62.2 Å². The molecule has 0 aromatic rings. The number of unbranched alkanes of at least 4 members (excludes halogenated alkanes) is 11. The van der Waals surface area contributed by atoms with Gasteiger partial charge in [-0.25, -0.2) is 0 Å². The van der Waals surface area contributed by atoms with Crippen LogP contribution in [0.25, 0.3) is 0 Å². The van der Waals surface area contributed by atoms with Gasteiger partial charge in [0.1, 0.15) is 13.1 Å². The van der Waals surface area contributed by atoms with Crippen LogP contribution in [0.4, 0.5) is 0 Å². The van der Waals surface area contributed by atoms with Crippen molar-refractivity contribution in [1.29, 1.82) is 0 Å². The van der Waals surface area contributed by atoms with Gasteiger partial charge in [-0.1, -0.05) is 146 Å². The van der Waals surface area contributed by atoms with Crippen LogP contribution in [-0.4, -0.2) is 13.1 Å². The van der Waals surface area contributed by atoms with Crippen LogP contribution in [0.2, 0.25) is 0 Å². The molecule has 2 heteroatoms. The molecule has 0 aliphatic heterocycles. The Labute approximate surface area is 181 Å². The van der Waals surface area contributed by atoms with E-state index in [-0.39, 0.29) is 5.92 Å². The Balaban J connectivity index is -0.0000000720. The third-order valence-corrected chi connectivity index (χ3v) is 3.83. The van der Waals surface area contributed by atoms with Crippen LogP contribution in [0.5, 0.6) is 0 Å². The van der Waals surface area contributed by atoms with Crippen LogP contribution in [0.15, 0.2) is 0 Å². The summed E-state index contributed by atoms with van der Waals surface area (Å²) >= 11 is 0. The lowest BCUT2D eigenvalue weighted by atomic mass is 10.1. The van der Waals surface area contributed by atoms with E-state index in [0.29, 0.717) is 0 Å². The molecule has 0 heterocycles. The van der Waals surface area contributed by atoms with E-state index in [1.54, 1.807) is 0 Å². The zero-order valence-corrected chi connectivity index (χ0v) is 21.9. The summed E-state index contributed by atoms with van der Waals surface area (Å²) in [5, 5.41) is 0. The number of hydrogen-bond donors (Lipinski definition) is 0. The first kappa shape index (κ1) is 41.7. The minimum absolute atomic E-state index is 0.255. The van der Waals surface area contributed by atoms with E-state index >= 15 is 0 Å². The first-order valence-corrected chi connectivity index (χ1v) is 12.5. The molecular formula is C26H60O2. The third-order valence-electron chi connectivity index (χ3n) is 3.83. The Morgan fingerprint density at radius 3 is 0.893 bits per heavy atom. The first-order chi connectivity index (χ1) is 13.7. The summed E-state index contributed by atoms with van der Waals surface area (Å²) in [6.07, 6.45) is 19.4. The first-order valence-electron chi connectivity index (χ1n) is 12.5. The maximum atomic E-state index is 9.74. The fraction of sp³-hybridized carbons (Fsp3) is 0.923. The van der Waals surface area contributed by atoms with Crippen molar-refractivity contribution in [2.24, 2.45) is 5.92 Å². The van der Waals surface area contributed by atoms with Gasteiger partial charge >= 0.3 is 0 Å². The van der Waals surface area contributed by atoms with Crippen LogP contribution in [0.1, 0.15) is 153 Å². The van der Waals surface area contributed by atoms with E-state index in [4.69, 9.17) is 4.79 Å². The summed E-state index contributed by atoms with van der Waals surface area (Å²) < 4.78 is 0. The average Bonchev–Trinajstić information content (AvgIpc) is 2.80. The summed E-state index contributed by atoms with van der Waals surface area (Å²) in [5.41, 5.74) is 0. The maximum Gasteiger partial charge on any atom is 0.122 e. The Morgan fingerprint density at radius 1 is 0.571 bits per heavy atom. The molecular weight excluding hydrogens is 344 g/mol. The van der Waals surface area contributed by atoms with Gasteiger partial charge in [0.05, 0.1) is 0 Å². The molecule has 0 N–H and O–H groups in total.